The second kappa shape index (κ2) is 9.44. The van der Waals surface area contributed by atoms with Crippen LogP contribution < -0.4 is 4.74 Å². The van der Waals surface area contributed by atoms with Gasteiger partial charge < -0.3 is 19.5 Å². The number of carbonyl (C=O) groups excluding carboxylic acids is 1. The van der Waals surface area contributed by atoms with E-state index in [4.69, 9.17) is 14.6 Å². The van der Waals surface area contributed by atoms with Crippen LogP contribution in [-0.4, -0.2) is 42.1 Å². The summed E-state index contributed by atoms with van der Waals surface area (Å²) in [6, 6.07) is 16.6. The van der Waals surface area contributed by atoms with Crippen LogP contribution in [0.3, 0.4) is 0 Å². The molecule has 2 rings (SSSR count). The summed E-state index contributed by atoms with van der Waals surface area (Å²) < 4.78 is 10.5. The number of benzene rings is 2. The number of carbonyl (C=O) groups is 2. The van der Waals surface area contributed by atoms with Crippen molar-refractivity contribution in [2.24, 2.45) is 0 Å². The van der Waals surface area contributed by atoms with Crippen LogP contribution in [0.1, 0.15) is 11.1 Å². The van der Waals surface area contributed by atoms with Gasteiger partial charge in [-0.1, -0.05) is 42.5 Å². The molecule has 0 aliphatic carbocycles. The molecule has 132 valence electrons. The van der Waals surface area contributed by atoms with Gasteiger partial charge in [0.1, 0.15) is 12.4 Å². The van der Waals surface area contributed by atoms with Gasteiger partial charge in [-0.3, -0.25) is 4.79 Å². The molecule has 0 radical (unpaired) electrons. The summed E-state index contributed by atoms with van der Waals surface area (Å²) in [6.07, 6.45) is 0. The van der Waals surface area contributed by atoms with Crippen molar-refractivity contribution >= 4 is 11.9 Å². The zero-order valence-electron chi connectivity index (χ0n) is 14.1. The van der Waals surface area contributed by atoms with Crippen LogP contribution >= 0.6 is 0 Å². The Morgan fingerprint density at radius 2 is 1.64 bits per heavy atom. The van der Waals surface area contributed by atoms with E-state index in [-0.39, 0.29) is 19.1 Å². The van der Waals surface area contributed by atoms with E-state index < -0.39 is 5.97 Å². The molecule has 0 aliphatic heterocycles. The van der Waals surface area contributed by atoms with E-state index in [0.29, 0.717) is 18.9 Å². The van der Waals surface area contributed by atoms with Crippen LogP contribution in [0.15, 0.2) is 54.6 Å². The van der Waals surface area contributed by atoms with Gasteiger partial charge in [0.15, 0.2) is 6.61 Å². The Hall–Kier alpha value is -2.86. The lowest BCUT2D eigenvalue weighted by Gasteiger charge is -2.17. The van der Waals surface area contributed by atoms with E-state index in [0.717, 1.165) is 11.1 Å². The number of carboxylic acids is 1. The highest BCUT2D eigenvalue weighted by molar-refractivity contribution is 5.77. The Balaban J connectivity index is 1.75. The smallest absolute Gasteiger partial charge is 0.341 e. The van der Waals surface area contributed by atoms with Crippen molar-refractivity contribution in [3.8, 4) is 5.75 Å². The van der Waals surface area contributed by atoms with Crippen molar-refractivity contribution in [2.45, 2.75) is 13.2 Å². The Bertz CT molecular complexity index is 685. The molecule has 25 heavy (non-hydrogen) atoms. The molecule has 1 amide bonds. The third kappa shape index (κ3) is 6.64. The van der Waals surface area contributed by atoms with Gasteiger partial charge in [0.25, 0.3) is 0 Å². The fourth-order valence-electron chi connectivity index (χ4n) is 2.14. The number of ether oxygens (including phenoxy) is 2. The Morgan fingerprint density at radius 3 is 2.28 bits per heavy atom. The Labute approximate surface area is 146 Å². The fraction of sp³-hybridized carbons (Fsp3) is 0.263. The molecule has 1 N–H and O–H groups in total. The normalized spacial score (nSPS) is 10.3. The average Bonchev–Trinajstić information content (AvgIpc) is 2.62. The zero-order chi connectivity index (χ0) is 18.1. The van der Waals surface area contributed by atoms with E-state index in [9.17, 15) is 9.59 Å². The maximum absolute atomic E-state index is 12.1. The summed E-state index contributed by atoms with van der Waals surface area (Å²) in [6.45, 7) is 0.477. The quantitative estimate of drug-likeness (QED) is 0.756. The number of likely N-dealkylation sites (N-methyl/N-ethyl adjacent to an activating group) is 1. The molecule has 6 nitrogen and oxygen atoms in total. The standard InChI is InChI=1S/C19H21NO5/c1-20(18(21)13-24-12-16-5-3-2-4-6-16)11-15-7-9-17(10-8-15)25-14-19(22)23/h2-10H,11-14H2,1H3,(H,22,23). The monoisotopic (exact) mass is 343 g/mol. The molecule has 0 bridgehead atoms. The minimum Gasteiger partial charge on any atom is -0.482 e. The number of hydrogen-bond acceptors (Lipinski definition) is 4. The van der Waals surface area contributed by atoms with Crippen molar-refractivity contribution in [2.75, 3.05) is 20.3 Å². The van der Waals surface area contributed by atoms with Crippen molar-refractivity contribution in [3.63, 3.8) is 0 Å². The lowest BCUT2D eigenvalue weighted by molar-refractivity contribution is -0.139. The first-order chi connectivity index (χ1) is 12.0. The maximum atomic E-state index is 12.1. The van der Waals surface area contributed by atoms with Gasteiger partial charge in [-0.25, -0.2) is 4.79 Å². The third-order valence-corrected chi connectivity index (χ3v) is 3.47. The molecule has 0 saturated carbocycles. The summed E-state index contributed by atoms with van der Waals surface area (Å²) in [5.74, 6) is -0.654. The van der Waals surface area contributed by atoms with Crippen LogP contribution in [0.25, 0.3) is 0 Å². The van der Waals surface area contributed by atoms with Gasteiger partial charge in [0.05, 0.1) is 6.61 Å². The number of nitrogens with zero attached hydrogens (tertiary/aromatic N) is 1. The van der Waals surface area contributed by atoms with Crippen molar-refractivity contribution in [3.05, 3.63) is 65.7 Å². The molecule has 0 unspecified atom stereocenters. The predicted molar refractivity (Wildman–Crippen MR) is 92.1 cm³/mol. The summed E-state index contributed by atoms with van der Waals surface area (Å²) >= 11 is 0. The number of hydrogen-bond donors (Lipinski definition) is 1. The molecule has 0 aliphatic rings. The van der Waals surface area contributed by atoms with E-state index in [2.05, 4.69) is 0 Å². The van der Waals surface area contributed by atoms with Gasteiger partial charge >= 0.3 is 5.97 Å². The molecule has 0 atom stereocenters. The first kappa shape index (κ1) is 18.5. The Kier molecular flexibility index (Phi) is 6.98. The summed E-state index contributed by atoms with van der Waals surface area (Å²) in [4.78, 5) is 24.1. The molecule has 6 heteroatoms. The molecule has 0 aromatic heterocycles. The van der Waals surface area contributed by atoms with Gasteiger partial charge in [-0.15, -0.1) is 0 Å². The summed E-state index contributed by atoms with van der Waals surface area (Å²) in [5.41, 5.74) is 1.94. The van der Waals surface area contributed by atoms with Crippen LogP contribution in [0, 0.1) is 0 Å². The molecule has 2 aromatic rings. The van der Waals surface area contributed by atoms with Crippen LogP contribution in [0.2, 0.25) is 0 Å². The first-order valence-electron chi connectivity index (χ1n) is 7.84. The molecule has 0 spiro atoms. The maximum Gasteiger partial charge on any atom is 0.341 e. The number of aliphatic carboxylic acids is 1. The fourth-order valence-corrected chi connectivity index (χ4v) is 2.14. The highest BCUT2D eigenvalue weighted by Gasteiger charge is 2.10. The van der Waals surface area contributed by atoms with Crippen molar-refractivity contribution in [1.29, 1.82) is 0 Å². The molecular weight excluding hydrogens is 322 g/mol. The highest BCUT2D eigenvalue weighted by atomic mass is 16.5. The second-order valence-corrected chi connectivity index (χ2v) is 5.55. The highest BCUT2D eigenvalue weighted by Crippen LogP contribution is 2.13. The average molecular weight is 343 g/mol. The van der Waals surface area contributed by atoms with Crippen molar-refractivity contribution < 1.29 is 24.2 Å². The molecule has 0 saturated heterocycles. The molecule has 2 aromatic carbocycles. The Morgan fingerprint density at radius 1 is 0.960 bits per heavy atom. The van der Waals surface area contributed by atoms with Gasteiger partial charge in [0, 0.05) is 13.6 Å². The molecule has 0 heterocycles. The number of carboxylic acid groups (broad SMARTS) is 1. The summed E-state index contributed by atoms with van der Waals surface area (Å²) in [7, 11) is 1.71. The molecule has 0 fully saturated rings. The SMILES string of the molecule is CN(Cc1ccc(OCC(=O)O)cc1)C(=O)COCc1ccccc1. The summed E-state index contributed by atoms with van der Waals surface area (Å²) in [5, 5.41) is 8.57. The number of amides is 1. The van der Waals surface area contributed by atoms with E-state index >= 15 is 0 Å². The van der Waals surface area contributed by atoms with Crippen LogP contribution in [-0.2, 0) is 27.5 Å². The first-order valence-corrected chi connectivity index (χ1v) is 7.84. The van der Waals surface area contributed by atoms with E-state index in [1.165, 1.54) is 0 Å². The van der Waals surface area contributed by atoms with Crippen LogP contribution in [0.4, 0.5) is 0 Å². The minimum atomic E-state index is -1.02. The van der Waals surface area contributed by atoms with Gasteiger partial charge in [-0.2, -0.15) is 0 Å². The van der Waals surface area contributed by atoms with Gasteiger partial charge in [-0.05, 0) is 23.3 Å². The largest absolute Gasteiger partial charge is 0.482 e. The second-order valence-electron chi connectivity index (χ2n) is 5.55. The van der Waals surface area contributed by atoms with Crippen molar-refractivity contribution in [1.82, 2.24) is 4.90 Å². The third-order valence-electron chi connectivity index (χ3n) is 3.47. The van der Waals surface area contributed by atoms with Crippen LogP contribution in [0.5, 0.6) is 5.75 Å². The topological polar surface area (TPSA) is 76.1 Å². The zero-order valence-corrected chi connectivity index (χ0v) is 14.1. The van der Waals surface area contributed by atoms with Gasteiger partial charge in [0.2, 0.25) is 5.91 Å². The molecular formula is C19H21NO5. The lowest BCUT2D eigenvalue weighted by Crippen LogP contribution is -2.29. The van der Waals surface area contributed by atoms with E-state index in [1.54, 1.807) is 36.2 Å². The lowest BCUT2D eigenvalue weighted by atomic mass is 10.2. The minimum absolute atomic E-state index is 0.0190. The predicted octanol–water partition coefficient (Wildman–Crippen LogP) is 2.33. The van der Waals surface area contributed by atoms with E-state index in [1.807, 2.05) is 30.3 Å². The number of rotatable bonds is 9.